The molecule has 0 N–H and O–H groups in total. The number of hydrogen-bond acceptors (Lipinski definition) is 1. The molecular weight excluding hydrogens is 238 g/mol. The summed E-state index contributed by atoms with van der Waals surface area (Å²) in [5.74, 6) is 0. The number of rotatable bonds is 0. The van der Waals surface area contributed by atoms with Crippen LogP contribution in [0, 0.1) is 6.58 Å². The lowest BCUT2D eigenvalue weighted by molar-refractivity contribution is 0.641. The fraction of sp³-hybridized carbons (Fsp3) is 0.333. The summed E-state index contributed by atoms with van der Waals surface area (Å²) in [7, 11) is 2.01. The first kappa shape index (κ1) is 9.70. The molecule has 1 aromatic carbocycles. The molecule has 0 aliphatic carbocycles. The van der Waals surface area contributed by atoms with Crippen LogP contribution in [0.5, 0.6) is 0 Å². The number of likely N-dealkylation sites (N-methyl/N-ethyl adjacent to an activating group) is 1. The molecule has 0 aromatic heterocycles. The van der Waals surface area contributed by atoms with Crippen LogP contribution in [0.25, 0.3) is 0 Å². The van der Waals surface area contributed by atoms with Crippen LogP contribution in [0.4, 0.5) is 5.69 Å². The van der Waals surface area contributed by atoms with Crippen LogP contribution in [0.15, 0.2) is 28.4 Å². The topological polar surface area (TPSA) is 3.24 Å². The quantitative estimate of drug-likeness (QED) is 0.638. The molecule has 1 aromatic rings. The van der Waals surface area contributed by atoms with Gasteiger partial charge >= 0.3 is 0 Å². The van der Waals surface area contributed by atoms with Gasteiger partial charge in [-0.15, -0.1) is 0 Å². The number of benzene rings is 1. The maximum absolute atomic E-state index is 6.08. The van der Waals surface area contributed by atoms with Crippen molar-refractivity contribution in [2.45, 2.75) is 19.3 Å². The van der Waals surface area contributed by atoms with Crippen LogP contribution in [0.2, 0.25) is 0 Å². The van der Waals surface area contributed by atoms with Crippen LogP contribution < -0.4 is 4.90 Å². The Hall–Kier alpha value is -0.850. The van der Waals surface area contributed by atoms with Crippen LogP contribution >= 0.6 is 15.9 Å². The van der Waals surface area contributed by atoms with Crippen LogP contribution in [0.1, 0.15) is 19.4 Å². The largest absolute Gasteiger partial charge is 0.304 e. The number of fused-ring (bicyclic) bond motifs is 1. The highest BCUT2D eigenvalue weighted by molar-refractivity contribution is 9.10. The van der Waals surface area contributed by atoms with E-state index in [1.807, 2.05) is 7.05 Å². The molecule has 0 atom stereocenters. The lowest BCUT2D eigenvalue weighted by Crippen LogP contribution is -2.21. The molecule has 0 saturated carbocycles. The summed E-state index contributed by atoms with van der Waals surface area (Å²) in [4.78, 5) is 2.06. The lowest BCUT2D eigenvalue weighted by Gasteiger charge is -2.13. The minimum absolute atomic E-state index is 0.0508. The van der Waals surface area contributed by atoms with Gasteiger partial charge in [0.1, 0.15) is 0 Å². The highest BCUT2D eigenvalue weighted by atomic mass is 79.9. The van der Waals surface area contributed by atoms with E-state index >= 15 is 0 Å². The molecule has 2 heteroatoms. The number of allylic oxidation sites excluding steroid dienone is 1. The molecule has 0 amide bonds. The first-order valence-electron chi connectivity index (χ1n) is 4.61. The molecule has 2 rings (SSSR count). The maximum atomic E-state index is 6.08. The van der Waals surface area contributed by atoms with Crippen molar-refractivity contribution in [2.24, 2.45) is 0 Å². The molecule has 1 aliphatic rings. The van der Waals surface area contributed by atoms with Gasteiger partial charge in [-0.2, -0.15) is 0 Å². The summed E-state index contributed by atoms with van der Waals surface area (Å²) in [6.07, 6.45) is 0. The third kappa shape index (κ3) is 1.11. The molecule has 0 radical (unpaired) electrons. The molecule has 0 unspecified atom stereocenters. The SMILES string of the molecule is [CH+]=C1N(C)c2cc(Br)ccc2C1(C)C. The second-order valence-corrected chi connectivity index (χ2v) is 5.15. The van der Waals surface area contributed by atoms with Crippen molar-refractivity contribution < 1.29 is 0 Å². The standard InChI is InChI=1S/C12H13BrN/c1-8-12(2,3)10-6-5-9(13)7-11(10)14(8)4/h1,5-7H,2-4H3/q+1. The summed E-state index contributed by atoms with van der Waals surface area (Å²) in [6.45, 7) is 10.4. The van der Waals surface area contributed by atoms with Gasteiger partial charge in [-0.25, -0.2) is 0 Å². The Morgan fingerprint density at radius 1 is 1.36 bits per heavy atom. The van der Waals surface area contributed by atoms with Crippen molar-refractivity contribution in [1.29, 1.82) is 0 Å². The van der Waals surface area contributed by atoms with Gasteiger partial charge in [0.2, 0.25) is 6.58 Å². The highest BCUT2D eigenvalue weighted by Crippen LogP contribution is 2.46. The van der Waals surface area contributed by atoms with E-state index in [-0.39, 0.29) is 5.41 Å². The van der Waals surface area contributed by atoms with E-state index in [2.05, 4.69) is 52.9 Å². The van der Waals surface area contributed by atoms with Crippen molar-refractivity contribution in [2.75, 3.05) is 11.9 Å². The Bertz CT molecular complexity index is 407. The van der Waals surface area contributed by atoms with Gasteiger partial charge in [0.15, 0.2) is 0 Å². The van der Waals surface area contributed by atoms with Gasteiger partial charge in [0.05, 0.1) is 5.41 Å². The van der Waals surface area contributed by atoms with Crippen molar-refractivity contribution in [3.05, 3.63) is 40.5 Å². The monoisotopic (exact) mass is 250 g/mol. The molecule has 0 saturated heterocycles. The van der Waals surface area contributed by atoms with Crippen LogP contribution in [0.3, 0.4) is 0 Å². The molecule has 1 aliphatic heterocycles. The van der Waals surface area contributed by atoms with E-state index in [9.17, 15) is 0 Å². The summed E-state index contributed by atoms with van der Waals surface area (Å²) in [5, 5.41) is 0. The molecule has 14 heavy (non-hydrogen) atoms. The molecule has 0 fully saturated rings. The highest BCUT2D eigenvalue weighted by Gasteiger charge is 2.43. The van der Waals surface area contributed by atoms with E-state index < -0.39 is 0 Å². The van der Waals surface area contributed by atoms with E-state index in [1.54, 1.807) is 0 Å². The average molecular weight is 251 g/mol. The summed E-state index contributed by atoms with van der Waals surface area (Å²) in [6, 6.07) is 6.31. The van der Waals surface area contributed by atoms with Gasteiger partial charge < -0.3 is 4.90 Å². The molecule has 72 valence electrons. The number of anilines is 1. The second kappa shape index (κ2) is 2.82. The fourth-order valence-corrected chi connectivity index (χ4v) is 2.35. The predicted octanol–water partition coefficient (Wildman–Crippen LogP) is 3.49. The molecule has 0 spiro atoms. The zero-order valence-corrected chi connectivity index (χ0v) is 10.2. The normalized spacial score (nSPS) is 18.5. The zero-order chi connectivity index (χ0) is 10.5. The van der Waals surface area contributed by atoms with Gasteiger partial charge in [0.25, 0.3) is 5.70 Å². The first-order chi connectivity index (χ1) is 6.44. The Labute approximate surface area is 93.6 Å². The van der Waals surface area contributed by atoms with Crippen LogP contribution in [-0.4, -0.2) is 7.05 Å². The molecular formula is C12H13BrN+. The molecule has 0 bridgehead atoms. The molecule has 1 heterocycles. The van der Waals surface area contributed by atoms with Crippen molar-refractivity contribution in [3.63, 3.8) is 0 Å². The zero-order valence-electron chi connectivity index (χ0n) is 8.63. The van der Waals surface area contributed by atoms with E-state index in [0.29, 0.717) is 0 Å². The van der Waals surface area contributed by atoms with Gasteiger partial charge in [-0.1, -0.05) is 22.0 Å². The maximum Gasteiger partial charge on any atom is 0.267 e. The Morgan fingerprint density at radius 3 is 2.64 bits per heavy atom. The minimum atomic E-state index is -0.0508. The average Bonchev–Trinajstić information content (AvgIpc) is 2.28. The lowest BCUT2D eigenvalue weighted by atomic mass is 9.85. The fourth-order valence-electron chi connectivity index (χ4n) is 2.00. The number of nitrogens with zero attached hydrogens (tertiary/aromatic N) is 1. The van der Waals surface area contributed by atoms with Gasteiger partial charge in [-0.3, -0.25) is 0 Å². The summed E-state index contributed by atoms with van der Waals surface area (Å²) < 4.78 is 1.09. The van der Waals surface area contributed by atoms with Crippen molar-refractivity contribution in [3.8, 4) is 0 Å². The van der Waals surface area contributed by atoms with E-state index in [1.165, 1.54) is 11.3 Å². The number of hydrogen-bond donors (Lipinski definition) is 0. The third-order valence-corrected chi connectivity index (χ3v) is 3.49. The smallest absolute Gasteiger partial charge is 0.267 e. The molecule has 1 nitrogen and oxygen atoms in total. The van der Waals surface area contributed by atoms with E-state index in [4.69, 9.17) is 6.58 Å². The van der Waals surface area contributed by atoms with Gasteiger partial charge in [0, 0.05) is 17.2 Å². The summed E-state index contributed by atoms with van der Waals surface area (Å²) >= 11 is 3.47. The Kier molecular flexibility index (Phi) is 1.95. The Morgan fingerprint density at radius 2 is 2.00 bits per heavy atom. The van der Waals surface area contributed by atoms with Crippen molar-refractivity contribution in [1.82, 2.24) is 0 Å². The van der Waals surface area contributed by atoms with Gasteiger partial charge in [-0.05, 0) is 31.5 Å². The summed E-state index contributed by atoms with van der Waals surface area (Å²) in [5.41, 5.74) is 3.35. The van der Waals surface area contributed by atoms with Crippen LogP contribution in [-0.2, 0) is 5.41 Å². The minimum Gasteiger partial charge on any atom is -0.304 e. The van der Waals surface area contributed by atoms with Crippen molar-refractivity contribution >= 4 is 21.6 Å². The number of halogens is 1. The third-order valence-electron chi connectivity index (χ3n) is 3.00. The Balaban J connectivity index is 2.68. The first-order valence-corrected chi connectivity index (χ1v) is 5.40. The van der Waals surface area contributed by atoms with E-state index in [0.717, 1.165) is 10.2 Å². The predicted molar refractivity (Wildman–Crippen MR) is 63.4 cm³/mol. The second-order valence-electron chi connectivity index (χ2n) is 4.23.